The van der Waals surface area contributed by atoms with E-state index in [1.807, 2.05) is 0 Å². The molecule has 7 nitrogen and oxygen atoms in total. The summed E-state index contributed by atoms with van der Waals surface area (Å²) in [6, 6.07) is -1.03. The highest BCUT2D eigenvalue weighted by Crippen LogP contribution is 2.23. The topological polar surface area (TPSA) is 115 Å². The van der Waals surface area contributed by atoms with Crippen molar-refractivity contribution < 1.29 is 19.8 Å². The maximum Gasteiger partial charge on any atom is 0.326 e. The predicted octanol–water partition coefficient (Wildman–Crippen LogP) is -0.534. The first-order valence-corrected chi connectivity index (χ1v) is 6.27. The number of carbonyl (C=O) groups is 2. The zero-order valence-corrected chi connectivity index (χ0v) is 10.4. The number of aryl methyl sites for hydroxylation is 1. The van der Waals surface area contributed by atoms with Crippen LogP contribution in [0.1, 0.15) is 24.1 Å². The summed E-state index contributed by atoms with van der Waals surface area (Å²) in [5, 5.41) is 27.0. The van der Waals surface area contributed by atoms with Gasteiger partial charge in [-0.1, -0.05) is 0 Å². The molecular formula is C12H17N3O4. The minimum Gasteiger partial charge on any atom is -0.480 e. The van der Waals surface area contributed by atoms with Gasteiger partial charge in [0, 0.05) is 31.1 Å². The lowest BCUT2D eigenvalue weighted by Gasteiger charge is -2.23. The van der Waals surface area contributed by atoms with E-state index < -0.39 is 12.0 Å². The van der Waals surface area contributed by atoms with Gasteiger partial charge in [-0.2, -0.15) is 5.10 Å². The summed E-state index contributed by atoms with van der Waals surface area (Å²) in [5.41, 5.74) is 2.06. The Labute approximate surface area is 110 Å². The first-order chi connectivity index (χ1) is 9.11. The smallest absolute Gasteiger partial charge is 0.326 e. The lowest BCUT2D eigenvalue weighted by molar-refractivity contribution is -0.143. The number of fused-ring (bicyclic) bond motifs is 1. The number of rotatable bonds is 5. The largest absolute Gasteiger partial charge is 0.480 e. The highest BCUT2D eigenvalue weighted by Gasteiger charge is 2.28. The number of carbonyl (C=O) groups excluding carboxylic acids is 1. The van der Waals surface area contributed by atoms with Crippen LogP contribution >= 0.6 is 0 Å². The number of aliphatic hydroxyl groups excluding tert-OH is 1. The second-order valence-corrected chi connectivity index (χ2v) is 4.73. The number of aliphatic carboxylic acids is 1. The molecule has 19 heavy (non-hydrogen) atoms. The summed E-state index contributed by atoms with van der Waals surface area (Å²) < 4.78 is 0. The normalized spacial score (nSPS) is 19.5. The summed E-state index contributed by atoms with van der Waals surface area (Å²) in [5.74, 6) is -1.64. The molecule has 1 aliphatic rings. The Bertz CT molecular complexity index is 471. The van der Waals surface area contributed by atoms with Crippen LogP contribution in [0.25, 0.3) is 0 Å². The number of nitrogens with one attached hydrogen (secondary N) is 2. The highest BCUT2D eigenvalue weighted by molar-refractivity contribution is 5.85. The van der Waals surface area contributed by atoms with Crippen LogP contribution in [0.5, 0.6) is 0 Å². The molecule has 0 fully saturated rings. The zero-order valence-electron chi connectivity index (χ0n) is 10.4. The van der Waals surface area contributed by atoms with E-state index in [9.17, 15) is 9.59 Å². The van der Waals surface area contributed by atoms with E-state index >= 15 is 0 Å². The third-order valence-electron chi connectivity index (χ3n) is 3.42. The van der Waals surface area contributed by atoms with Gasteiger partial charge >= 0.3 is 5.97 Å². The Morgan fingerprint density at radius 1 is 1.58 bits per heavy atom. The van der Waals surface area contributed by atoms with Gasteiger partial charge in [0.2, 0.25) is 5.91 Å². The van der Waals surface area contributed by atoms with Crippen LogP contribution in [0.2, 0.25) is 0 Å². The summed E-state index contributed by atoms with van der Waals surface area (Å²) >= 11 is 0. The summed E-state index contributed by atoms with van der Waals surface area (Å²) in [4.78, 5) is 23.0. The number of hydrogen-bond acceptors (Lipinski definition) is 4. The van der Waals surface area contributed by atoms with E-state index in [0.717, 1.165) is 17.7 Å². The van der Waals surface area contributed by atoms with Gasteiger partial charge in [-0.25, -0.2) is 4.79 Å². The molecule has 2 atom stereocenters. The van der Waals surface area contributed by atoms with E-state index in [2.05, 4.69) is 15.5 Å². The third kappa shape index (κ3) is 3.11. The van der Waals surface area contributed by atoms with Crippen molar-refractivity contribution in [2.75, 3.05) is 6.61 Å². The minimum absolute atomic E-state index is 0.0170. The molecular weight excluding hydrogens is 250 g/mol. The first kappa shape index (κ1) is 13.5. The number of nitrogens with zero attached hydrogens (tertiary/aromatic N) is 1. The van der Waals surface area contributed by atoms with Gasteiger partial charge in [-0.3, -0.25) is 9.89 Å². The van der Waals surface area contributed by atoms with Crippen LogP contribution < -0.4 is 5.32 Å². The van der Waals surface area contributed by atoms with Crippen LogP contribution in [0.15, 0.2) is 6.20 Å². The molecule has 7 heteroatoms. The van der Waals surface area contributed by atoms with Gasteiger partial charge in [-0.15, -0.1) is 0 Å². The molecule has 1 amide bonds. The highest BCUT2D eigenvalue weighted by atomic mass is 16.4. The van der Waals surface area contributed by atoms with Crippen molar-refractivity contribution in [1.82, 2.24) is 15.5 Å². The average molecular weight is 267 g/mol. The molecule has 1 aromatic rings. The quantitative estimate of drug-likeness (QED) is 0.572. The van der Waals surface area contributed by atoms with Crippen molar-refractivity contribution in [3.05, 3.63) is 17.5 Å². The van der Waals surface area contributed by atoms with E-state index in [-0.39, 0.29) is 24.9 Å². The second kappa shape index (κ2) is 5.83. The molecule has 4 N–H and O–H groups in total. The molecule has 0 saturated carbocycles. The molecule has 0 spiro atoms. The molecule has 0 saturated heterocycles. The van der Waals surface area contributed by atoms with Crippen molar-refractivity contribution in [3.8, 4) is 0 Å². The van der Waals surface area contributed by atoms with Gasteiger partial charge in [0.15, 0.2) is 0 Å². The number of aromatic amines is 1. The van der Waals surface area contributed by atoms with Gasteiger partial charge < -0.3 is 15.5 Å². The Morgan fingerprint density at radius 2 is 2.37 bits per heavy atom. The zero-order chi connectivity index (χ0) is 13.8. The fraction of sp³-hybridized carbons (Fsp3) is 0.583. The number of amides is 1. The SMILES string of the molecule is O=C(N[C@@H](CCO)C(=O)O)[C@H]1CCc2cn[nH]c2C1. The number of carboxylic acids is 1. The molecule has 0 radical (unpaired) electrons. The van der Waals surface area contributed by atoms with E-state index in [0.29, 0.717) is 12.8 Å². The van der Waals surface area contributed by atoms with Crippen LogP contribution in [-0.4, -0.2) is 44.9 Å². The predicted molar refractivity (Wildman–Crippen MR) is 65.4 cm³/mol. The first-order valence-electron chi connectivity index (χ1n) is 6.27. The molecule has 2 rings (SSSR count). The van der Waals surface area contributed by atoms with E-state index in [4.69, 9.17) is 10.2 Å². The summed E-state index contributed by atoms with van der Waals surface area (Å²) in [6.07, 6.45) is 3.77. The van der Waals surface area contributed by atoms with Gasteiger partial charge in [-0.05, 0) is 18.4 Å². The van der Waals surface area contributed by atoms with Crippen molar-refractivity contribution in [3.63, 3.8) is 0 Å². The maximum absolute atomic E-state index is 12.0. The fourth-order valence-corrected chi connectivity index (χ4v) is 2.31. The third-order valence-corrected chi connectivity index (χ3v) is 3.42. The lowest BCUT2D eigenvalue weighted by atomic mass is 9.87. The molecule has 0 unspecified atom stereocenters. The Balaban J connectivity index is 1.95. The Hall–Kier alpha value is -1.89. The molecule has 104 valence electrons. The van der Waals surface area contributed by atoms with E-state index in [1.54, 1.807) is 6.20 Å². The van der Waals surface area contributed by atoms with Crippen LogP contribution in [0, 0.1) is 5.92 Å². The van der Waals surface area contributed by atoms with Crippen molar-refractivity contribution in [2.24, 2.45) is 5.92 Å². The Morgan fingerprint density at radius 3 is 3.05 bits per heavy atom. The van der Waals surface area contributed by atoms with Crippen LogP contribution in [0.4, 0.5) is 0 Å². The van der Waals surface area contributed by atoms with Gasteiger partial charge in [0.05, 0.1) is 6.20 Å². The molecule has 1 aliphatic carbocycles. The molecule has 0 bridgehead atoms. The fourth-order valence-electron chi connectivity index (χ4n) is 2.31. The Kier molecular flexibility index (Phi) is 4.16. The summed E-state index contributed by atoms with van der Waals surface area (Å²) in [6.45, 7) is -0.271. The van der Waals surface area contributed by atoms with Crippen molar-refractivity contribution in [1.29, 1.82) is 0 Å². The monoisotopic (exact) mass is 267 g/mol. The molecule has 1 heterocycles. The van der Waals surface area contributed by atoms with Crippen LogP contribution in [-0.2, 0) is 22.4 Å². The minimum atomic E-state index is -1.12. The number of H-pyrrole nitrogens is 1. The van der Waals surface area contributed by atoms with Crippen LogP contribution in [0.3, 0.4) is 0 Å². The molecule has 1 aromatic heterocycles. The van der Waals surface area contributed by atoms with E-state index in [1.165, 1.54) is 0 Å². The molecule has 0 aliphatic heterocycles. The second-order valence-electron chi connectivity index (χ2n) is 4.73. The molecule has 0 aromatic carbocycles. The van der Waals surface area contributed by atoms with Crippen molar-refractivity contribution >= 4 is 11.9 Å². The number of aliphatic hydroxyl groups is 1. The maximum atomic E-state index is 12.0. The van der Waals surface area contributed by atoms with Gasteiger partial charge in [0.1, 0.15) is 6.04 Å². The number of hydrogen-bond donors (Lipinski definition) is 4. The number of carboxylic acid groups (broad SMARTS) is 1. The van der Waals surface area contributed by atoms with Crippen molar-refractivity contribution in [2.45, 2.75) is 31.7 Å². The standard InChI is InChI=1S/C12H17N3O4/c16-4-3-9(12(18)19)14-11(17)7-1-2-8-6-13-15-10(8)5-7/h6-7,9,16H,1-5H2,(H,13,15)(H,14,17)(H,18,19)/t7-,9-/m0/s1. The van der Waals surface area contributed by atoms with Gasteiger partial charge in [0.25, 0.3) is 0 Å². The summed E-state index contributed by atoms with van der Waals surface area (Å²) in [7, 11) is 0. The number of aromatic nitrogens is 2. The lowest BCUT2D eigenvalue weighted by Crippen LogP contribution is -2.45. The average Bonchev–Trinajstić information content (AvgIpc) is 2.85.